The van der Waals surface area contributed by atoms with Gasteiger partial charge in [0.25, 0.3) is 0 Å². The van der Waals surface area contributed by atoms with Crippen molar-refractivity contribution in [1.29, 1.82) is 0 Å². The third-order valence-electron chi connectivity index (χ3n) is 1.91. The summed E-state index contributed by atoms with van der Waals surface area (Å²) in [6.07, 6.45) is 1.59. The van der Waals surface area contributed by atoms with Crippen LogP contribution in [0.25, 0.3) is 0 Å². The molecular formula is C8H15NO3. The van der Waals surface area contributed by atoms with Crippen LogP contribution in [0.15, 0.2) is 0 Å². The molecular weight excluding hydrogens is 158 g/mol. The molecule has 0 bridgehead atoms. The second-order valence-electron chi connectivity index (χ2n) is 2.85. The summed E-state index contributed by atoms with van der Waals surface area (Å²) >= 11 is 0. The number of rotatable bonds is 3. The molecule has 0 amide bonds. The number of carbonyl (C=O) groups excluding carboxylic acids is 1. The van der Waals surface area contributed by atoms with Gasteiger partial charge in [0.1, 0.15) is 6.73 Å². The molecule has 1 fully saturated rings. The van der Waals surface area contributed by atoms with Crippen molar-refractivity contribution in [1.82, 2.24) is 5.32 Å². The van der Waals surface area contributed by atoms with Crippen molar-refractivity contribution in [3.05, 3.63) is 0 Å². The third kappa shape index (κ3) is 2.79. The predicted molar refractivity (Wildman–Crippen MR) is 43.6 cm³/mol. The molecule has 0 spiro atoms. The van der Waals surface area contributed by atoms with Gasteiger partial charge in [-0.1, -0.05) is 0 Å². The standard InChI is InChI=1S/C8H15NO3/c1-9-6-12-8(10)7-2-4-11-5-3-7/h7,9H,2-6H2,1H3. The minimum atomic E-state index is -0.104. The number of esters is 1. The minimum absolute atomic E-state index is 0.0482. The Morgan fingerprint density at radius 3 is 2.83 bits per heavy atom. The molecule has 1 aliphatic rings. The van der Waals surface area contributed by atoms with E-state index in [-0.39, 0.29) is 11.9 Å². The highest BCUT2D eigenvalue weighted by molar-refractivity contribution is 5.72. The van der Waals surface area contributed by atoms with Crippen LogP contribution in [-0.2, 0) is 14.3 Å². The maximum atomic E-state index is 11.2. The first-order valence-electron chi connectivity index (χ1n) is 4.23. The van der Waals surface area contributed by atoms with Crippen molar-refractivity contribution in [3.63, 3.8) is 0 Å². The van der Waals surface area contributed by atoms with Gasteiger partial charge in [-0.25, -0.2) is 0 Å². The maximum Gasteiger partial charge on any atom is 0.310 e. The van der Waals surface area contributed by atoms with E-state index in [2.05, 4.69) is 5.32 Å². The molecule has 70 valence electrons. The first-order chi connectivity index (χ1) is 5.84. The van der Waals surface area contributed by atoms with Crippen LogP contribution in [0.2, 0.25) is 0 Å². The van der Waals surface area contributed by atoms with Crippen molar-refractivity contribution in [2.24, 2.45) is 5.92 Å². The lowest BCUT2D eigenvalue weighted by Gasteiger charge is -2.20. The third-order valence-corrected chi connectivity index (χ3v) is 1.91. The molecule has 0 aromatic carbocycles. The van der Waals surface area contributed by atoms with E-state index in [0.717, 1.165) is 12.8 Å². The van der Waals surface area contributed by atoms with Gasteiger partial charge in [0.15, 0.2) is 0 Å². The normalized spacial score (nSPS) is 19.1. The summed E-state index contributed by atoms with van der Waals surface area (Å²) in [5.41, 5.74) is 0. The average Bonchev–Trinajstić information content (AvgIpc) is 2.15. The van der Waals surface area contributed by atoms with Crippen LogP contribution in [0.1, 0.15) is 12.8 Å². The van der Waals surface area contributed by atoms with Crippen molar-refractivity contribution in [2.45, 2.75) is 12.8 Å². The van der Waals surface area contributed by atoms with Crippen molar-refractivity contribution in [3.8, 4) is 0 Å². The van der Waals surface area contributed by atoms with Crippen molar-refractivity contribution < 1.29 is 14.3 Å². The predicted octanol–water partition coefficient (Wildman–Crippen LogP) is 0.133. The molecule has 0 aromatic rings. The molecule has 0 atom stereocenters. The van der Waals surface area contributed by atoms with Crippen LogP contribution >= 0.6 is 0 Å². The number of nitrogens with one attached hydrogen (secondary N) is 1. The van der Waals surface area contributed by atoms with Gasteiger partial charge in [-0.2, -0.15) is 0 Å². The van der Waals surface area contributed by atoms with E-state index >= 15 is 0 Å². The Morgan fingerprint density at radius 1 is 1.58 bits per heavy atom. The molecule has 1 saturated heterocycles. The zero-order valence-corrected chi connectivity index (χ0v) is 7.34. The molecule has 0 unspecified atom stereocenters. The maximum absolute atomic E-state index is 11.2. The first-order valence-corrected chi connectivity index (χ1v) is 4.23. The summed E-state index contributed by atoms with van der Waals surface area (Å²) in [4.78, 5) is 11.2. The molecule has 4 heteroatoms. The Hall–Kier alpha value is -0.610. The highest BCUT2D eigenvalue weighted by Crippen LogP contribution is 2.15. The fourth-order valence-electron chi connectivity index (χ4n) is 1.19. The molecule has 0 aliphatic carbocycles. The zero-order chi connectivity index (χ0) is 8.81. The van der Waals surface area contributed by atoms with Crippen LogP contribution in [-0.4, -0.2) is 33.0 Å². The van der Waals surface area contributed by atoms with E-state index in [4.69, 9.17) is 9.47 Å². The number of carbonyl (C=O) groups is 1. The molecule has 12 heavy (non-hydrogen) atoms. The van der Waals surface area contributed by atoms with Crippen molar-refractivity contribution >= 4 is 5.97 Å². The van der Waals surface area contributed by atoms with Gasteiger partial charge in [0, 0.05) is 13.2 Å². The smallest absolute Gasteiger partial charge is 0.310 e. The fraction of sp³-hybridized carbons (Fsp3) is 0.875. The van der Waals surface area contributed by atoms with Crippen LogP contribution in [0.5, 0.6) is 0 Å². The van der Waals surface area contributed by atoms with Crippen LogP contribution in [0.4, 0.5) is 0 Å². The van der Waals surface area contributed by atoms with E-state index in [1.54, 1.807) is 7.05 Å². The second kappa shape index (κ2) is 5.11. The molecule has 1 heterocycles. The van der Waals surface area contributed by atoms with Crippen LogP contribution < -0.4 is 5.32 Å². The van der Waals surface area contributed by atoms with Gasteiger partial charge in [0.05, 0.1) is 5.92 Å². The van der Waals surface area contributed by atoms with Gasteiger partial charge in [0.2, 0.25) is 0 Å². The number of ether oxygens (including phenoxy) is 2. The Bertz CT molecular complexity index is 143. The quantitative estimate of drug-likeness (QED) is 0.487. The van der Waals surface area contributed by atoms with Gasteiger partial charge < -0.3 is 9.47 Å². The molecule has 4 nitrogen and oxygen atoms in total. The highest BCUT2D eigenvalue weighted by atomic mass is 16.5. The minimum Gasteiger partial charge on any atom is -0.450 e. The first kappa shape index (κ1) is 9.48. The van der Waals surface area contributed by atoms with E-state index < -0.39 is 0 Å². The highest BCUT2D eigenvalue weighted by Gasteiger charge is 2.22. The van der Waals surface area contributed by atoms with Gasteiger partial charge in [-0.3, -0.25) is 10.1 Å². The molecule has 0 aromatic heterocycles. The van der Waals surface area contributed by atoms with Crippen LogP contribution in [0.3, 0.4) is 0 Å². The van der Waals surface area contributed by atoms with Gasteiger partial charge >= 0.3 is 5.97 Å². The average molecular weight is 173 g/mol. The molecule has 0 radical (unpaired) electrons. The zero-order valence-electron chi connectivity index (χ0n) is 7.34. The summed E-state index contributed by atoms with van der Waals surface area (Å²) in [6, 6.07) is 0. The SMILES string of the molecule is CNCOC(=O)C1CCOCC1. The fourth-order valence-corrected chi connectivity index (χ4v) is 1.19. The van der Waals surface area contributed by atoms with Crippen LogP contribution in [0, 0.1) is 5.92 Å². The molecule has 1 rings (SSSR count). The molecule has 1 aliphatic heterocycles. The Labute approximate surface area is 72.2 Å². The lowest BCUT2D eigenvalue weighted by molar-refractivity contribution is -0.152. The monoisotopic (exact) mass is 173 g/mol. The summed E-state index contributed by atoms with van der Waals surface area (Å²) in [7, 11) is 1.75. The van der Waals surface area contributed by atoms with E-state index in [9.17, 15) is 4.79 Å². The summed E-state index contributed by atoms with van der Waals surface area (Å²) in [5.74, 6) is -0.0558. The largest absolute Gasteiger partial charge is 0.450 e. The van der Waals surface area contributed by atoms with E-state index in [1.165, 1.54) is 0 Å². The lowest BCUT2D eigenvalue weighted by Crippen LogP contribution is -2.27. The molecule has 0 saturated carbocycles. The summed E-state index contributed by atoms with van der Waals surface area (Å²) < 4.78 is 10.1. The number of hydrogen-bond acceptors (Lipinski definition) is 4. The number of hydrogen-bond donors (Lipinski definition) is 1. The molecule has 1 N–H and O–H groups in total. The Kier molecular flexibility index (Phi) is 4.04. The summed E-state index contributed by atoms with van der Waals surface area (Å²) in [6.45, 7) is 1.66. The van der Waals surface area contributed by atoms with Gasteiger partial charge in [-0.15, -0.1) is 0 Å². The van der Waals surface area contributed by atoms with E-state index in [1.807, 2.05) is 0 Å². The second-order valence-corrected chi connectivity index (χ2v) is 2.85. The summed E-state index contributed by atoms with van der Waals surface area (Å²) in [5, 5.41) is 2.76. The van der Waals surface area contributed by atoms with Crippen molar-refractivity contribution in [2.75, 3.05) is 27.0 Å². The Morgan fingerprint density at radius 2 is 2.25 bits per heavy atom. The topological polar surface area (TPSA) is 47.6 Å². The lowest BCUT2D eigenvalue weighted by atomic mass is 10.0. The Balaban J connectivity index is 2.20. The van der Waals surface area contributed by atoms with E-state index in [0.29, 0.717) is 19.9 Å². The van der Waals surface area contributed by atoms with Gasteiger partial charge in [-0.05, 0) is 19.9 Å².